The van der Waals surface area contributed by atoms with Gasteiger partial charge in [-0.3, -0.25) is 4.98 Å². The van der Waals surface area contributed by atoms with Gasteiger partial charge in [-0.25, -0.2) is 0 Å². The molecule has 0 spiro atoms. The van der Waals surface area contributed by atoms with Crippen molar-refractivity contribution in [1.29, 1.82) is 0 Å². The van der Waals surface area contributed by atoms with Crippen molar-refractivity contribution in [1.82, 2.24) is 14.5 Å². The number of hydrogen-bond acceptors (Lipinski definition) is 3. The van der Waals surface area contributed by atoms with Crippen LogP contribution in [0.15, 0.2) is 174 Å². The van der Waals surface area contributed by atoms with Gasteiger partial charge in [-0.15, -0.1) is 18.2 Å². The Morgan fingerprint density at radius 1 is 0.618 bits per heavy atom. The molecular formula is C49H37GeIrN3O-2. The normalized spacial score (nSPS) is 11.4. The summed E-state index contributed by atoms with van der Waals surface area (Å²) in [5, 5.41) is 4.45. The van der Waals surface area contributed by atoms with Gasteiger partial charge in [0.2, 0.25) is 0 Å². The van der Waals surface area contributed by atoms with Crippen LogP contribution in [0.1, 0.15) is 0 Å². The molecular weight excluding hydrogens is 911 g/mol. The second-order valence-corrected chi connectivity index (χ2v) is 25.1. The third-order valence-corrected chi connectivity index (χ3v) is 14.2. The van der Waals surface area contributed by atoms with E-state index < -0.39 is 13.3 Å². The maximum Gasteiger partial charge on any atom is 0.120 e. The predicted molar refractivity (Wildman–Crippen MR) is 227 cm³/mol. The van der Waals surface area contributed by atoms with Crippen LogP contribution in [0, 0.1) is 12.1 Å². The van der Waals surface area contributed by atoms with Crippen LogP contribution in [0.3, 0.4) is 0 Å². The van der Waals surface area contributed by atoms with Gasteiger partial charge in [0.05, 0.1) is 22.4 Å². The molecule has 0 aliphatic carbocycles. The summed E-state index contributed by atoms with van der Waals surface area (Å²) in [5.41, 5.74) is 9.95. The fraction of sp³-hybridized carbons (Fsp3) is 0.0612. The van der Waals surface area contributed by atoms with Crippen molar-refractivity contribution in [2.75, 3.05) is 0 Å². The van der Waals surface area contributed by atoms with Crippen LogP contribution in [0.4, 0.5) is 0 Å². The van der Waals surface area contributed by atoms with Crippen LogP contribution >= 0.6 is 0 Å². The number of hydrogen-bond donors (Lipinski definition) is 0. The molecule has 10 aromatic rings. The van der Waals surface area contributed by atoms with E-state index in [2.05, 4.69) is 148 Å². The number of fused-ring (bicyclic) bond motifs is 6. The number of para-hydroxylation sites is 2. The SMILES string of the molecule is [CH3][Ge]([CH3])([CH3])[c]1ccc(-c2[c-]cccc2)nc1.[Ir].[c-]1ccc2c(oc3ccccc32)c1-c1nc2c3ccccc3ccc2n1-c1ccccc1-c1ccccc1. The first-order chi connectivity index (χ1) is 26.4. The molecule has 3 heterocycles. The molecule has 1 radical (unpaired) electrons. The molecule has 55 heavy (non-hydrogen) atoms. The quantitative estimate of drug-likeness (QED) is 0.128. The van der Waals surface area contributed by atoms with Gasteiger partial charge in [0.15, 0.2) is 0 Å². The number of imidazole rings is 1. The van der Waals surface area contributed by atoms with Crippen molar-refractivity contribution < 1.29 is 24.5 Å². The number of nitrogens with zero attached hydrogens (tertiary/aromatic N) is 3. The van der Waals surface area contributed by atoms with Gasteiger partial charge < -0.3 is 8.98 Å². The van der Waals surface area contributed by atoms with E-state index in [4.69, 9.17) is 9.40 Å². The third-order valence-electron chi connectivity index (χ3n) is 9.96. The second-order valence-electron chi connectivity index (χ2n) is 14.5. The smallest absolute Gasteiger partial charge is 0.120 e. The summed E-state index contributed by atoms with van der Waals surface area (Å²) in [4.78, 5) is 9.85. The zero-order valence-electron chi connectivity index (χ0n) is 30.7. The first-order valence-corrected chi connectivity index (χ1v) is 25.6. The van der Waals surface area contributed by atoms with Crippen LogP contribution in [-0.2, 0) is 20.1 Å². The standard InChI is InChI=1S/C35H21N2O.C14H16GeN.Ir/c1-2-11-23(12-3-1)25-14-6-8-19-30(25)37-31-22-21-24-13-4-5-15-26(24)33(31)36-35(37)29-18-10-17-28-27-16-7-9-20-32(27)38-34(28)29;1-15(2,3)13-9-10-14(16-11-13)12-7-5-4-6-8-12;/h1-17,19-22H;4-7,9-11H,1-3H3;/q2*-1;. The molecule has 0 fully saturated rings. The number of rotatable bonds is 5. The molecule has 4 nitrogen and oxygen atoms in total. The van der Waals surface area contributed by atoms with Crippen LogP contribution in [0.2, 0.25) is 17.3 Å². The summed E-state index contributed by atoms with van der Waals surface area (Å²) in [6, 6.07) is 63.0. The fourth-order valence-corrected chi connectivity index (χ4v) is 9.33. The van der Waals surface area contributed by atoms with Gasteiger partial charge in [-0.2, -0.15) is 0 Å². The summed E-state index contributed by atoms with van der Waals surface area (Å²) < 4.78 is 10.2. The Bertz CT molecular complexity index is 2910. The van der Waals surface area contributed by atoms with Crippen molar-refractivity contribution in [2.45, 2.75) is 17.3 Å². The van der Waals surface area contributed by atoms with Crippen LogP contribution in [-0.4, -0.2) is 27.8 Å². The molecule has 0 aliphatic rings. The third kappa shape index (κ3) is 6.96. The number of furan rings is 1. The number of pyridine rings is 1. The molecule has 10 rings (SSSR count). The molecule has 0 unspecified atom stereocenters. The van der Waals surface area contributed by atoms with E-state index in [0.717, 1.165) is 77.8 Å². The minimum atomic E-state index is -1.72. The molecule has 0 amide bonds. The van der Waals surface area contributed by atoms with Gasteiger partial charge in [0, 0.05) is 42.1 Å². The van der Waals surface area contributed by atoms with Gasteiger partial charge in [0.1, 0.15) is 5.58 Å². The van der Waals surface area contributed by atoms with Crippen molar-refractivity contribution >= 4 is 61.4 Å². The van der Waals surface area contributed by atoms with E-state index in [1.807, 2.05) is 60.8 Å². The molecule has 0 N–H and O–H groups in total. The van der Waals surface area contributed by atoms with Gasteiger partial charge in [-0.1, -0.05) is 108 Å². The first-order valence-electron chi connectivity index (χ1n) is 18.2. The Labute approximate surface area is 337 Å². The van der Waals surface area contributed by atoms with E-state index >= 15 is 0 Å². The van der Waals surface area contributed by atoms with Gasteiger partial charge in [-0.05, 0) is 29.1 Å². The molecule has 0 atom stereocenters. The zero-order valence-corrected chi connectivity index (χ0v) is 35.2. The number of aromatic nitrogens is 3. The molecule has 6 heteroatoms. The molecule has 0 saturated carbocycles. The molecule has 269 valence electrons. The van der Waals surface area contributed by atoms with E-state index in [-0.39, 0.29) is 20.1 Å². The minimum absolute atomic E-state index is 0. The maximum atomic E-state index is 6.44. The number of benzene rings is 7. The molecule has 0 aliphatic heterocycles. The fourth-order valence-electron chi connectivity index (χ4n) is 7.16. The predicted octanol–water partition coefficient (Wildman–Crippen LogP) is 12.3. The second kappa shape index (κ2) is 15.3. The molecule has 7 aromatic carbocycles. The Morgan fingerprint density at radius 3 is 2.15 bits per heavy atom. The summed E-state index contributed by atoms with van der Waals surface area (Å²) in [5.74, 6) is 7.95. The average molecular weight is 949 g/mol. The Hall–Kier alpha value is -5.59. The molecule has 0 saturated heterocycles. The Balaban J connectivity index is 0.000000212. The van der Waals surface area contributed by atoms with Gasteiger partial charge >= 0.3 is 99.8 Å². The van der Waals surface area contributed by atoms with Crippen molar-refractivity contribution in [3.8, 4) is 39.5 Å². The van der Waals surface area contributed by atoms with E-state index in [9.17, 15) is 0 Å². The molecule has 0 bridgehead atoms. The van der Waals surface area contributed by atoms with Crippen LogP contribution < -0.4 is 4.40 Å². The van der Waals surface area contributed by atoms with E-state index in [0.29, 0.717) is 0 Å². The Kier molecular flexibility index (Phi) is 10.1. The maximum absolute atomic E-state index is 6.44. The largest absolute Gasteiger partial charge is 0.501 e. The average Bonchev–Trinajstić information content (AvgIpc) is 3.81. The summed E-state index contributed by atoms with van der Waals surface area (Å²) in [6.07, 6.45) is 2.04. The van der Waals surface area contributed by atoms with Crippen LogP contribution in [0.5, 0.6) is 0 Å². The van der Waals surface area contributed by atoms with E-state index in [1.165, 1.54) is 9.78 Å². The van der Waals surface area contributed by atoms with Crippen molar-refractivity contribution in [3.63, 3.8) is 0 Å². The summed E-state index contributed by atoms with van der Waals surface area (Å²) in [7, 11) is 0. The topological polar surface area (TPSA) is 43.9 Å². The zero-order chi connectivity index (χ0) is 36.6. The first kappa shape index (κ1) is 36.4. The van der Waals surface area contributed by atoms with Gasteiger partial charge in [0.25, 0.3) is 0 Å². The van der Waals surface area contributed by atoms with E-state index in [1.54, 1.807) is 0 Å². The Morgan fingerprint density at radius 2 is 1.36 bits per heavy atom. The summed E-state index contributed by atoms with van der Waals surface area (Å²) in [6.45, 7) is 0. The molecule has 3 aromatic heterocycles. The summed E-state index contributed by atoms with van der Waals surface area (Å²) >= 11 is -1.72. The van der Waals surface area contributed by atoms with Crippen molar-refractivity contribution in [2.24, 2.45) is 0 Å². The van der Waals surface area contributed by atoms with Crippen molar-refractivity contribution in [3.05, 3.63) is 182 Å². The monoisotopic (exact) mass is 950 g/mol. The van der Waals surface area contributed by atoms with Crippen LogP contribution in [0.25, 0.3) is 83.2 Å². The minimum Gasteiger partial charge on any atom is -0.501 e.